The van der Waals surface area contributed by atoms with Crippen LogP contribution in [0.4, 0.5) is 32.4 Å². The van der Waals surface area contributed by atoms with Gasteiger partial charge in [0.25, 0.3) is 0 Å². The van der Waals surface area contributed by atoms with Gasteiger partial charge in [-0.25, -0.2) is 13.6 Å². The Kier molecular flexibility index (Phi) is 6.27. The van der Waals surface area contributed by atoms with Crippen molar-refractivity contribution in [2.45, 2.75) is 12.7 Å². The normalized spacial score (nSPS) is 14.4. The second-order valence-corrected chi connectivity index (χ2v) is 7.16. The molecule has 2 aromatic carbocycles. The van der Waals surface area contributed by atoms with Crippen LogP contribution in [-0.2, 0) is 17.5 Å². The van der Waals surface area contributed by atoms with E-state index in [1.54, 1.807) is 0 Å². The number of hydrogen-bond acceptors (Lipinski definition) is 5. The van der Waals surface area contributed by atoms with Crippen molar-refractivity contribution >= 4 is 11.7 Å². The average Bonchev–Trinajstić information content (AvgIpc) is 3.30. The summed E-state index contributed by atoms with van der Waals surface area (Å²) in [6.45, 7) is 1.20. The number of halogens is 5. The zero-order valence-electron chi connectivity index (χ0n) is 17.0. The molecule has 0 bridgehead atoms. The Hall–Kier alpha value is -3.54. The summed E-state index contributed by atoms with van der Waals surface area (Å²) in [5.74, 6) is -3.32. The summed E-state index contributed by atoms with van der Waals surface area (Å²) in [5.41, 5.74) is 0.385. The molecule has 0 aliphatic carbocycles. The third kappa shape index (κ3) is 5.11. The van der Waals surface area contributed by atoms with Crippen LogP contribution in [0, 0.1) is 11.6 Å². The van der Waals surface area contributed by atoms with Crippen LogP contribution in [0.25, 0.3) is 11.5 Å². The molecule has 0 radical (unpaired) electrons. The maximum absolute atomic E-state index is 14.9. The summed E-state index contributed by atoms with van der Waals surface area (Å²) in [6, 6.07) is 8.32. The molecule has 0 unspecified atom stereocenters. The second kappa shape index (κ2) is 9.14. The maximum Gasteiger partial charge on any atom is 0.470 e. The summed E-state index contributed by atoms with van der Waals surface area (Å²) in [5, 5.41) is 6.23. The van der Waals surface area contributed by atoms with Gasteiger partial charge in [0, 0.05) is 29.9 Å². The van der Waals surface area contributed by atoms with E-state index in [0.717, 1.165) is 6.07 Å². The van der Waals surface area contributed by atoms with Crippen LogP contribution in [0.5, 0.6) is 0 Å². The molecule has 1 fully saturated rings. The van der Waals surface area contributed by atoms with Crippen LogP contribution < -0.4 is 4.90 Å². The largest absolute Gasteiger partial charge is 0.470 e. The number of amides is 2. The van der Waals surface area contributed by atoms with Crippen molar-refractivity contribution in [1.82, 2.24) is 15.1 Å². The summed E-state index contributed by atoms with van der Waals surface area (Å²) in [7, 11) is 0. The van der Waals surface area contributed by atoms with Crippen molar-refractivity contribution in [1.29, 1.82) is 0 Å². The predicted octanol–water partition coefficient (Wildman–Crippen LogP) is 4.49. The molecular formula is C21H17F5N4O3. The Labute approximate surface area is 184 Å². The smallest absolute Gasteiger partial charge is 0.413 e. The second-order valence-electron chi connectivity index (χ2n) is 7.16. The van der Waals surface area contributed by atoms with Gasteiger partial charge in [-0.1, -0.05) is 6.07 Å². The number of anilines is 1. The molecule has 3 aromatic rings. The van der Waals surface area contributed by atoms with Gasteiger partial charge < -0.3 is 14.1 Å². The van der Waals surface area contributed by atoms with Crippen molar-refractivity contribution in [2.24, 2.45) is 0 Å². The van der Waals surface area contributed by atoms with Crippen molar-refractivity contribution in [3.8, 4) is 11.5 Å². The highest BCUT2D eigenvalue weighted by atomic mass is 19.4. The first-order chi connectivity index (χ1) is 15.7. The van der Waals surface area contributed by atoms with Gasteiger partial charge in [-0.15, -0.1) is 10.2 Å². The third-order valence-corrected chi connectivity index (χ3v) is 4.95. The Balaban J connectivity index is 1.61. The lowest BCUT2D eigenvalue weighted by Gasteiger charge is -2.33. The molecule has 0 saturated carbocycles. The number of morpholine rings is 1. The van der Waals surface area contributed by atoms with E-state index in [-0.39, 0.29) is 17.7 Å². The fraction of sp³-hybridized carbons (Fsp3) is 0.286. The minimum absolute atomic E-state index is 0.0490. The molecule has 1 aliphatic heterocycles. The average molecular weight is 468 g/mol. The molecule has 1 saturated heterocycles. The van der Waals surface area contributed by atoms with Gasteiger partial charge in [0.1, 0.15) is 11.6 Å². The molecule has 1 aromatic heterocycles. The zero-order valence-corrected chi connectivity index (χ0v) is 17.0. The molecule has 0 atom stereocenters. The van der Waals surface area contributed by atoms with E-state index in [4.69, 9.17) is 4.74 Å². The molecule has 33 heavy (non-hydrogen) atoms. The van der Waals surface area contributed by atoms with E-state index >= 15 is 0 Å². The maximum atomic E-state index is 14.9. The molecule has 174 valence electrons. The van der Waals surface area contributed by atoms with E-state index in [9.17, 15) is 26.7 Å². The van der Waals surface area contributed by atoms with Gasteiger partial charge in [-0.2, -0.15) is 13.2 Å². The summed E-state index contributed by atoms with van der Waals surface area (Å²) in [4.78, 5) is 16.0. The summed E-state index contributed by atoms with van der Waals surface area (Å²) < 4.78 is 76.1. The molecule has 1 aliphatic rings. The van der Waals surface area contributed by atoms with E-state index in [2.05, 4.69) is 14.6 Å². The van der Waals surface area contributed by atoms with Crippen molar-refractivity contribution in [3.05, 3.63) is 65.6 Å². The number of hydrogen-bond donors (Lipinski definition) is 0. The van der Waals surface area contributed by atoms with Gasteiger partial charge in [0.2, 0.25) is 5.89 Å². The van der Waals surface area contributed by atoms with E-state index in [1.165, 1.54) is 46.2 Å². The number of ether oxygens (including phenoxy) is 1. The first kappa shape index (κ1) is 22.6. The van der Waals surface area contributed by atoms with Crippen LogP contribution in [-0.4, -0.2) is 47.4 Å². The standard InChI is InChI=1S/C21H17F5N4O3/c22-15-3-5-16(6-4-15)30(20(31)29-7-9-32-10-8-29)12-14-2-1-13(11-17(14)23)18-27-28-19(33-18)21(24,25)26/h1-6,11H,7-10,12H2. The lowest BCUT2D eigenvalue weighted by Crippen LogP contribution is -2.48. The SMILES string of the molecule is O=C(N1CCOCC1)N(Cc1ccc(-c2nnc(C(F)(F)F)o2)cc1F)c1ccc(F)cc1. The van der Waals surface area contributed by atoms with Crippen LogP contribution in [0.15, 0.2) is 46.9 Å². The first-order valence-corrected chi connectivity index (χ1v) is 9.81. The number of carbonyl (C=O) groups excluding carboxylic acids is 1. The molecule has 2 amide bonds. The molecule has 2 heterocycles. The summed E-state index contributed by atoms with van der Waals surface area (Å²) in [6.07, 6.45) is -4.82. The zero-order chi connectivity index (χ0) is 23.6. The Morgan fingerprint density at radius 1 is 1.03 bits per heavy atom. The monoisotopic (exact) mass is 468 g/mol. The van der Waals surface area contributed by atoms with E-state index in [1.807, 2.05) is 0 Å². The number of carbonyl (C=O) groups is 1. The first-order valence-electron chi connectivity index (χ1n) is 9.81. The Morgan fingerprint density at radius 3 is 2.33 bits per heavy atom. The molecule has 12 heteroatoms. The highest BCUT2D eigenvalue weighted by Crippen LogP contribution is 2.31. The van der Waals surface area contributed by atoms with Crippen LogP contribution in [0.1, 0.15) is 11.5 Å². The quantitative estimate of drug-likeness (QED) is 0.528. The lowest BCUT2D eigenvalue weighted by atomic mass is 10.1. The highest BCUT2D eigenvalue weighted by molar-refractivity contribution is 5.92. The third-order valence-electron chi connectivity index (χ3n) is 4.95. The van der Waals surface area contributed by atoms with Crippen LogP contribution in [0.3, 0.4) is 0 Å². The minimum Gasteiger partial charge on any atom is -0.413 e. The van der Waals surface area contributed by atoms with Gasteiger partial charge in [-0.3, -0.25) is 4.90 Å². The molecular weight excluding hydrogens is 451 g/mol. The van der Waals surface area contributed by atoms with Crippen LogP contribution >= 0.6 is 0 Å². The Bertz CT molecular complexity index is 1130. The summed E-state index contributed by atoms with van der Waals surface area (Å²) >= 11 is 0. The van der Waals surface area contributed by atoms with E-state index in [0.29, 0.717) is 32.0 Å². The van der Waals surface area contributed by atoms with Gasteiger partial charge in [0.05, 0.1) is 19.8 Å². The van der Waals surface area contributed by atoms with Gasteiger partial charge >= 0.3 is 18.1 Å². The topological polar surface area (TPSA) is 71.7 Å². The molecule has 0 N–H and O–H groups in total. The lowest BCUT2D eigenvalue weighted by molar-refractivity contribution is -0.156. The van der Waals surface area contributed by atoms with E-state index < -0.39 is 35.6 Å². The van der Waals surface area contributed by atoms with Crippen LogP contribution in [0.2, 0.25) is 0 Å². The number of rotatable bonds is 4. The highest BCUT2D eigenvalue weighted by Gasteiger charge is 2.38. The molecule has 7 nitrogen and oxygen atoms in total. The number of nitrogens with zero attached hydrogens (tertiary/aromatic N) is 4. The molecule has 4 rings (SSSR count). The fourth-order valence-electron chi connectivity index (χ4n) is 3.25. The minimum atomic E-state index is -4.82. The van der Waals surface area contributed by atoms with Crippen molar-refractivity contribution in [3.63, 3.8) is 0 Å². The number of benzene rings is 2. The van der Waals surface area contributed by atoms with Gasteiger partial charge in [0.15, 0.2) is 0 Å². The fourth-order valence-corrected chi connectivity index (χ4v) is 3.25. The predicted molar refractivity (Wildman–Crippen MR) is 105 cm³/mol. The molecule has 0 spiro atoms. The number of aromatic nitrogens is 2. The van der Waals surface area contributed by atoms with Crippen molar-refractivity contribution in [2.75, 3.05) is 31.2 Å². The number of urea groups is 1. The Morgan fingerprint density at radius 2 is 1.73 bits per heavy atom. The van der Waals surface area contributed by atoms with Gasteiger partial charge in [-0.05, 0) is 36.4 Å². The van der Waals surface area contributed by atoms with Crippen molar-refractivity contribution < 1.29 is 35.9 Å². The number of alkyl halides is 3.